The molecule has 0 spiro atoms. The Balaban J connectivity index is 2.17. The van der Waals surface area contributed by atoms with Crippen LogP contribution in [0.5, 0.6) is 11.5 Å². The van der Waals surface area contributed by atoms with Crippen LogP contribution in [0.15, 0.2) is 35.4 Å². The van der Waals surface area contributed by atoms with E-state index in [1.807, 2.05) is 6.07 Å². The molecule has 1 amide bonds. The van der Waals surface area contributed by atoms with Crippen molar-refractivity contribution in [2.24, 2.45) is 7.05 Å². The van der Waals surface area contributed by atoms with Crippen molar-refractivity contribution < 1.29 is 22.7 Å². The summed E-state index contributed by atoms with van der Waals surface area (Å²) in [7, 11) is 1.13. The molecule has 0 aliphatic rings. The molecule has 2 aromatic rings. The van der Waals surface area contributed by atoms with E-state index in [0.29, 0.717) is 24.6 Å². The molecule has 0 atom stereocenters. The highest BCUT2D eigenvalue weighted by Gasteiger charge is 2.25. The lowest BCUT2D eigenvalue weighted by Gasteiger charge is -2.17. The molecule has 8 nitrogen and oxygen atoms in total. The molecule has 0 bridgehead atoms. The highest BCUT2D eigenvalue weighted by Crippen LogP contribution is 2.27. The van der Waals surface area contributed by atoms with Crippen molar-refractivity contribution in [1.29, 1.82) is 0 Å². The molecule has 0 saturated heterocycles. The van der Waals surface area contributed by atoms with Crippen molar-refractivity contribution >= 4 is 15.9 Å². The standard InChI is InChI=1S/C19H27N3O5S/c1-6-22(7-2)28(24,25)15-11-16(21(3)13-15)19(23)20-12-14-8-9-17(26-4)18(10-14)27-5/h8-11,13H,6-7,12H2,1-5H3,(H,20,23). The maximum absolute atomic E-state index is 12.6. The van der Waals surface area contributed by atoms with Crippen molar-refractivity contribution in [3.8, 4) is 11.5 Å². The first-order valence-corrected chi connectivity index (χ1v) is 10.4. The van der Waals surface area contributed by atoms with E-state index in [4.69, 9.17) is 9.47 Å². The van der Waals surface area contributed by atoms with Crippen molar-refractivity contribution in [2.45, 2.75) is 25.3 Å². The Morgan fingerprint density at radius 1 is 1.11 bits per heavy atom. The average Bonchev–Trinajstić information content (AvgIpc) is 3.09. The monoisotopic (exact) mass is 409 g/mol. The van der Waals surface area contributed by atoms with E-state index >= 15 is 0 Å². The van der Waals surface area contributed by atoms with Crippen LogP contribution in [0.1, 0.15) is 29.9 Å². The van der Waals surface area contributed by atoms with Crippen molar-refractivity contribution in [2.75, 3.05) is 27.3 Å². The average molecular weight is 410 g/mol. The third-order valence-electron chi connectivity index (χ3n) is 4.46. The quantitative estimate of drug-likeness (QED) is 0.684. The number of nitrogens with one attached hydrogen (secondary N) is 1. The molecule has 1 aromatic heterocycles. The molecule has 28 heavy (non-hydrogen) atoms. The van der Waals surface area contributed by atoms with Crippen LogP contribution in [-0.4, -0.2) is 50.5 Å². The van der Waals surface area contributed by atoms with Crippen LogP contribution in [0.25, 0.3) is 0 Å². The van der Waals surface area contributed by atoms with Crippen LogP contribution in [0.2, 0.25) is 0 Å². The minimum absolute atomic E-state index is 0.106. The Morgan fingerprint density at radius 3 is 2.32 bits per heavy atom. The summed E-state index contributed by atoms with van der Waals surface area (Å²) in [4.78, 5) is 12.7. The predicted octanol–water partition coefficient (Wildman–Crippen LogP) is 2.00. The zero-order valence-corrected chi connectivity index (χ0v) is 17.7. The van der Waals surface area contributed by atoms with Gasteiger partial charge in [-0.05, 0) is 23.8 Å². The van der Waals surface area contributed by atoms with Gasteiger partial charge in [-0.3, -0.25) is 4.79 Å². The lowest BCUT2D eigenvalue weighted by atomic mass is 10.2. The summed E-state index contributed by atoms with van der Waals surface area (Å²) >= 11 is 0. The zero-order chi connectivity index (χ0) is 20.9. The number of aryl methyl sites for hydroxylation is 1. The van der Waals surface area contributed by atoms with Gasteiger partial charge in [0, 0.05) is 32.9 Å². The topological polar surface area (TPSA) is 89.9 Å². The van der Waals surface area contributed by atoms with E-state index in [1.165, 1.54) is 21.1 Å². The van der Waals surface area contributed by atoms with E-state index in [-0.39, 0.29) is 23.0 Å². The van der Waals surface area contributed by atoms with E-state index in [9.17, 15) is 13.2 Å². The minimum Gasteiger partial charge on any atom is -0.493 e. The van der Waals surface area contributed by atoms with Crippen molar-refractivity contribution in [1.82, 2.24) is 14.2 Å². The fourth-order valence-electron chi connectivity index (χ4n) is 2.88. The second-order valence-corrected chi connectivity index (χ2v) is 8.07. The fraction of sp³-hybridized carbons (Fsp3) is 0.421. The maximum atomic E-state index is 12.6. The number of ether oxygens (including phenoxy) is 2. The number of benzene rings is 1. The Morgan fingerprint density at radius 2 is 1.75 bits per heavy atom. The summed E-state index contributed by atoms with van der Waals surface area (Å²) in [6.07, 6.45) is 1.46. The van der Waals surface area contributed by atoms with E-state index < -0.39 is 10.0 Å². The van der Waals surface area contributed by atoms with Gasteiger partial charge in [-0.2, -0.15) is 4.31 Å². The molecule has 0 aliphatic heterocycles. The number of carbonyl (C=O) groups is 1. The molecular formula is C19H27N3O5S. The fourth-order valence-corrected chi connectivity index (χ4v) is 4.41. The lowest BCUT2D eigenvalue weighted by molar-refractivity contribution is 0.0942. The van der Waals surface area contributed by atoms with Gasteiger partial charge in [0.25, 0.3) is 5.91 Å². The van der Waals surface area contributed by atoms with Gasteiger partial charge in [0.15, 0.2) is 11.5 Å². The number of sulfonamides is 1. The first kappa shape index (κ1) is 21.8. The first-order valence-electron chi connectivity index (χ1n) is 8.94. The Bertz CT molecular complexity index is 933. The van der Waals surface area contributed by atoms with E-state index in [0.717, 1.165) is 5.56 Å². The van der Waals surface area contributed by atoms with Crippen LogP contribution < -0.4 is 14.8 Å². The largest absolute Gasteiger partial charge is 0.493 e. The number of carbonyl (C=O) groups excluding carboxylic acids is 1. The summed E-state index contributed by atoms with van der Waals surface area (Å²) in [5.74, 6) is 0.810. The van der Waals surface area contributed by atoms with E-state index in [2.05, 4.69) is 5.32 Å². The number of nitrogens with zero attached hydrogens (tertiary/aromatic N) is 2. The smallest absolute Gasteiger partial charge is 0.268 e. The summed E-state index contributed by atoms with van der Waals surface area (Å²) in [6, 6.07) is 6.76. The molecule has 0 radical (unpaired) electrons. The minimum atomic E-state index is -3.62. The van der Waals surface area contributed by atoms with Gasteiger partial charge >= 0.3 is 0 Å². The molecular weight excluding hydrogens is 382 g/mol. The molecule has 9 heteroatoms. The second kappa shape index (κ2) is 9.11. The molecule has 0 saturated carbocycles. The summed E-state index contributed by atoms with van der Waals surface area (Å²) in [5, 5.41) is 2.80. The highest BCUT2D eigenvalue weighted by atomic mass is 32.2. The van der Waals surface area contributed by atoms with Gasteiger partial charge in [0.1, 0.15) is 10.6 Å². The van der Waals surface area contributed by atoms with Crippen LogP contribution in [0.3, 0.4) is 0 Å². The molecule has 0 fully saturated rings. The van der Waals surface area contributed by atoms with Crippen LogP contribution >= 0.6 is 0 Å². The summed E-state index contributed by atoms with van der Waals surface area (Å²) in [6.45, 7) is 4.56. The maximum Gasteiger partial charge on any atom is 0.268 e. The molecule has 2 rings (SSSR count). The number of hydrogen-bond donors (Lipinski definition) is 1. The second-order valence-electron chi connectivity index (χ2n) is 6.13. The highest BCUT2D eigenvalue weighted by molar-refractivity contribution is 7.89. The SMILES string of the molecule is CCN(CC)S(=O)(=O)c1cc(C(=O)NCc2ccc(OC)c(OC)c2)n(C)c1. The molecule has 154 valence electrons. The first-order chi connectivity index (χ1) is 13.3. The zero-order valence-electron chi connectivity index (χ0n) is 16.9. The lowest BCUT2D eigenvalue weighted by Crippen LogP contribution is -2.30. The number of hydrogen-bond acceptors (Lipinski definition) is 5. The number of amides is 1. The molecule has 0 aliphatic carbocycles. The third kappa shape index (κ3) is 4.48. The van der Waals surface area contributed by atoms with Gasteiger partial charge in [0.2, 0.25) is 10.0 Å². The van der Waals surface area contributed by atoms with Crippen LogP contribution in [0, 0.1) is 0 Å². The van der Waals surface area contributed by atoms with Crippen LogP contribution in [0.4, 0.5) is 0 Å². The normalized spacial score (nSPS) is 11.5. The van der Waals surface area contributed by atoms with Gasteiger partial charge in [-0.1, -0.05) is 19.9 Å². The Kier molecular flexibility index (Phi) is 7.09. The number of aromatic nitrogens is 1. The van der Waals surface area contributed by atoms with E-state index in [1.54, 1.807) is 47.2 Å². The Labute approximate surface area is 166 Å². The van der Waals surface area contributed by atoms with Gasteiger partial charge in [-0.15, -0.1) is 0 Å². The summed E-state index contributed by atoms with van der Waals surface area (Å²) in [5.41, 5.74) is 1.10. The summed E-state index contributed by atoms with van der Waals surface area (Å²) < 4.78 is 38.6. The number of rotatable bonds is 9. The Hall–Kier alpha value is -2.52. The van der Waals surface area contributed by atoms with Gasteiger partial charge < -0.3 is 19.4 Å². The number of methoxy groups -OCH3 is 2. The molecule has 1 heterocycles. The molecule has 0 unspecified atom stereocenters. The predicted molar refractivity (Wildman–Crippen MR) is 106 cm³/mol. The molecule has 1 aromatic carbocycles. The van der Waals surface area contributed by atoms with Gasteiger partial charge in [-0.25, -0.2) is 8.42 Å². The van der Waals surface area contributed by atoms with Gasteiger partial charge in [0.05, 0.1) is 14.2 Å². The molecule has 1 N–H and O–H groups in total. The van der Waals surface area contributed by atoms with Crippen LogP contribution in [-0.2, 0) is 23.6 Å². The third-order valence-corrected chi connectivity index (χ3v) is 6.47. The van der Waals surface area contributed by atoms with Crippen molar-refractivity contribution in [3.63, 3.8) is 0 Å². The van der Waals surface area contributed by atoms with Crippen molar-refractivity contribution in [3.05, 3.63) is 41.7 Å².